The van der Waals surface area contributed by atoms with Gasteiger partial charge in [-0.1, -0.05) is 13.8 Å². The van der Waals surface area contributed by atoms with E-state index in [2.05, 4.69) is 13.8 Å². The number of amides is 1. The van der Waals surface area contributed by atoms with Crippen molar-refractivity contribution in [1.29, 1.82) is 0 Å². The fourth-order valence-electron chi connectivity index (χ4n) is 2.87. The predicted octanol–water partition coefficient (Wildman–Crippen LogP) is 3.95. The van der Waals surface area contributed by atoms with Crippen LogP contribution >= 0.6 is 24.2 Å². The molecule has 3 nitrogen and oxygen atoms in total. The number of hydrogen-bond donors (Lipinski definition) is 1. The maximum atomic E-state index is 12.7. The molecule has 0 aliphatic carbocycles. The van der Waals surface area contributed by atoms with Gasteiger partial charge in [-0.2, -0.15) is 0 Å². The zero-order valence-corrected chi connectivity index (χ0v) is 15.3. The van der Waals surface area contributed by atoms with E-state index in [0.29, 0.717) is 5.25 Å². The number of carbonyl (C=O) groups is 1. The van der Waals surface area contributed by atoms with E-state index < -0.39 is 0 Å². The van der Waals surface area contributed by atoms with Crippen molar-refractivity contribution in [3.63, 3.8) is 0 Å². The summed E-state index contributed by atoms with van der Waals surface area (Å²) in [5.41, 5.74) is 6.83. The van der Waals surface area contributed by atoms with E-state index in [4.69, 9.17) is 5.73 Å². The molecule has 1 aromatic rings. The molecule has 2 unspecified atom stereocenters. The molecule has 1 fully saturated rings. The molecule has 22 heavy (non-hydrogen) atoms. The molecule has 1 aromatic carbocycles. The number of nitrogens with zero attached hydrogens (tertiary/aromatic N) is 1. The lowest BCUT2D eigenvalue weighted by atomic mass is 9.96. The summed E-state index contributed by atoms with van der Waals surface area (Å²) in [5.74, 6) is 0.123. The first kappa shape index (κ1) is 19.3. The van der Waals surface area contributed by atoms with Crippen molar-refractivity contribution in [2.75, 3.05) is 6.54 Å². The first-order chi connectivity index (χ1) is 9.99. The lowest BCUT2D eigenvalue weighted by Gasteiger charge is -2.38. The first-order valence-corrected chi connectivity index (χ1v) is 8.70. The second-order valence-corrected chi connectivity index (χ2v) is 7.76. The van der Waals surface area contributed by atoms with Crippen LogP contribution in [-0.4, -0.2) is 34.7 Å². The molecule has 124 valence electrons. The summed E-state index contributed by atoms with van der Waals surface area (Å²) in [6.07, 6.45) is 3.26. The average Bonchev–Trinajstić information content (AvgIpc) is 2.46. The Morgan fingerprint density at radius 1 is 1.23 bits per heavy atom. The number of likely N-dealkylation sites (tertiary alicyclic amines) is 1. The van der Waals surface area contributed by atoms with Crippen molar-refractivity contribution in [3.8, 4) is 0 Å². The van der Waals surface area contributed by atoms with Gasteiger partial charge in [-0.15, -0.1) is 24.2 Å². The summed E-state index contributed by atoms with van der Waals surface area (Å²) in [6.45, 7) is 7.17. The molecule has 1 saturated heterocycles. The molecule has 0 saturated carbocycles. The Kier molecular flexibility index (Phi) is 7.74. The van der Waals surface area contributed by atoms with Crippen LogP contribution in [0.4, 0.5) is 0 Å². The minimum Gasteiger partial charge on any atom is -0.334 e. The van der Waals surface area contributed by atoms with E-state index in [0.717, 1.165) is 24.9 Å². The van der Waals surface area contributed by atoms with Crippen molar-refractivity contribution < 1.29 is 4.79 Å². The highest BCUT2D eigenvalue weighted by molar-refractivity contribution is 7.99. The lowest BCUT2D eigenvalue weighted by molar-refractivity contribution is 0.0584. The highest BCUT2D eigenvalue weighted by Crippen LogP contribution is 2.25. The standard InChI is InChI=1S/C17H26N2OS.ClH/c1-12(2)21-15-9-7-14(8-10-15)17(20)19-11-5-4-6-16(19)13(3)18;/h7-10,12-13,16H,4-6,11,18H2,1-3H3;1H. The number of piperidine rings is 1. The summed E-state index contributed by atoms with van der Waals surface area (Å²) in [5, 5.41) is 0.552. The van der Waals surface area contributed by atoms with Gasteiger partial charge >= 0.3 is 0 Å². The molecule has 0 bridgehead atoms. The minimum atomic E-state index is 0. The van der Waals surface area contributed by atoms with Crippen LogP contribution in [0.25, 0.3) is 0 Å². The summed E-state index contributed by atoms with van der Waals surface area (Å²) in [7, 11) is 0. The van der Waals surface area contributed by atoms with Gasteiger partial charge in [-0.25, -0.2) is 0 Å². The van der Waals surface area contributed by atoms with Crippen LogP contribution in [0.3, 0.4) is 0 Å². The van der Waals surface area contributed by atoms with Gasteiger partial charge < -0.3 is 10.6 Å². The molecule has 2 atom stereocenters. The average molecular weight is 343 g/mol. The van der Waals surface area contributed by atoms with Crippen molar-refractivity contribution in [3.05, 3.63) is 29.8 Å². The van der Waals surface area contributed by atoms with Crippen molar-refractivity contribution in [2.24, 2.45) is 5.73 Å². The van der Waals surface area contributed by atoms with Crippen LogP contribution in [0.2, 0.25) is 0 Å². The highest BCUT2D eigenvalue weighted by Gasteiger charge is 2.29. The second kappa shape index (κ2) is 8.80. The third-order valence-corrected chi connectivity index (χ3v) is 4.91. The Balaban J connectivity index is 0.00000242. The van der Waals surface area contributed by atoms with Gasteiger partial charge in [0.25, 0.3) is 5.91 Å². The van der Waals surface area contributed by atoms with E-state index in [1.165, 1.54) is 11.3 Å². The number of nitrogens with two attached hydrogens (primary N) is 1. The fourth-order valence-corrected chi connectivity index (χ4v) is 3.71. The number of benzene rings is 1. The quantitative estimate of drug-likeness (QED) is 0.843. The Hall–Kier alpha value is -0.710. The molecule has 0 spiro atoms. The molecule has 2 N–H and O–H groups in total. The predicted molar refractivity (Wildman–Crippen MR) is 97.0 cm³/mol. The Labute approximate surface area is 144 Å². The Morgan fingerprint density at radius 2 is 1.86 bits per heavy atom. The minimum absolute atomic E-state index is 0. The van der Waals surface area contributed by atoms with Gasteiger partial charge in [-0.05, 0) is 50.5 Å². The van der Waals surface area contributed by atoms with Crippen LogP contribution < -0.4 is 5.73 Å². The number of carbonyl (C=O) groups excluding carboxylic acids is 1. The second-order valence-electron chi connectivity index (χ2n) is 6.11. The highest BCUT2D eigenvalue weighted by atomic mass is 35.5. The van der Waals surface area contributed by atoms with Crippen molar-refractivity contribution in [1.82, 2.24) is 4.90 Å². The summed E-state index contributed by atoms with van der Waals surface area (Å²) >= 11 is 1.81. The van der Waals surface area contributed by atoms with E-state index in [1.54, 1.807) is 0 Å². The van der Waals surface area contributed by atoms with Crippen LogP contribution in [0.15, 0.2) is 29.2 Å². The molecule has 1 aliphatic heterocycles. The lowest BCUT2D eigenvalue weighted by Crippen LogP contribution is -2.51. The van der Waals surface area contributed by atoms with E-state index >= 15 is 0 Å². The third-order valence-electron chi connectivity index (χ3n) is 3.89. The van der Waals surface area contributed by atoms with Gasteiger partial charge in [0.15, 0.2) is 0 Å². The molecule has 1 amide bonds. The van der Waals surface area contributed by atoms with Crippen LogP contribution in [-0.2, 0) is 0 Å². The molecule has 0 aromatic heterocycles. The molecule has 5 heteroatoms. The molecule has 0 radical (unpaired) electrons. The van der Waals surface area contributed by atoms with E-state index in [-0.39, 0.29) is 30.4 Å². The van der Waals surface area contributed by atoms with Crippen LogP contribution in [0, 0.1) is 0 Å². The van der Waals surface area contributed by atoms with Crippen molar-refractivity contribution >= 4 is 30.1 Å². The van der Waals surface area contributed by atoms with Crippen molar-refractivity contribution in [2.45, 2.75) is 62.3 Å². The third kappa shape index (κ3) is 4.90. The number of halogens is 1. The maximum absolute atomic E-state index is 12.7. The van der Waals surface area contributed by atoms with Gasteiger partial charge in [0, 0.05) is 34.3 Å². The molecule has 1 heterocycles. The monoisotopic (exact) mass is 342 g/mol. The van der Waals surface area contributed by atoms with E-state index in [1.807, 2.05) is 47.9 Å². The van der Waals surface area contributed by atoms with Gasteiger partial charge in [-0.3, -0.25) is 4.79 Å². The van der Waals surface area contributed by atoms with Crippen LogP contribution in [0.5, 0.6) is 0 Å². The SMILES string of the molecule is CC(C)Sc1ccc(C(=O)N2CCCCC2C(C)N)cc1.Cl. The van der Waals surface area contributed by atoms with Gasteiger partial charge in [0.05, 0.1) is 0 Å². The van der Waals surface area contributed by atoms with Gasteiger partial charge in [0.1, 0.15) is 0 Å². The molecule has 1 aliphatic rings. The molecular weight excluding hydrogens is 316 g/mol. The zero-order valence-electron chi connectivity index (χ0n) is 13.6. The van der Waals surface area contributed by atoms with Crippen LogP contribution in [0.1, 0.15) is 50.4 Å². The summed E-state index contributed by atoms with van der Waals surface area (Å²) in [4.78, 5) is 15.9. The smallest absolute Gasteiger partial charge is 0.254 e. The Morgan fingerprint density at radius 3 is 2.41 bits per heavy atom. The number of hydrogen-bond acceptors (Lipinski definition) is 3. The van der Waals surface area contributed by atoms with Gasteiger partial charge in [0.2, 0.25) is 0 Å². The number of rotatable bonds is 4. The number of thioether (sulfide) groups is 1. The normalized spacial score (nSPS) is 19.7. The van der Waals surface area contributed by atoms with E-state index in [9.17, 15) is 4.79 Å². The summed E-state index contributed by atoms with van der Waals surface area (Å²) < 4.78 is 0. The molecular formula is C17H27ClN2OS. The fraction of sp³-hybridized carbons (Fsp3) is 0.588. The molecule has 2 rings (SSSR count). The summed E-state index contributed by atoms with van der Waals surface area (Å²) in [6, 6.07) is 8.19. The largest absolute Gasteiger partial charge is 0.334 e. The topological polar surface area (TPSA) is 46.3 Å². The first-order valence-electron chi connectivity index (χ1n) is 7.82. The zero-order chi connectivity index (χ0) is 15.4. The maximum Gasteiger partial charge on any atom is 0.254 e. The Bertz CT molecular complexity index is 476.